The molecule has 108 valence electrons. The number of para-hydroxylation sites is 1. The van der Waals surface area contributed by atoms with Gasteiger partial charge in [-0.25, -0.2) is 9.37 Å². The third-order valence-electron chi connectivity index (χ3n) is 3.96. The zero-order valence-electron chi connectivity index (χ0n) is 11.8. The zero-order chi connectivity index (χ0) is 14.3. The third kappa shape index (κ3) is 2.54. The van der Waals surface area contributed by atoms with Crippen LogP contribution in [0.15, 0.2) is 18.2 Å². The molecule has 1 saturated carbocycles. The number of aromatic nitrogens is 2. The highest BCUT2D eigenvalue weighted by molar-refractivity contribution is 6.20. The molecule has 1 heterocycles. The van der Waals surface area contributed by atoms with Crippen LogP contribution in [0.2, 0.25) is 0 Å². The number of fused-ring (bicyclic) bond motifs is 1. The minimum atomic E-state index is -0.282. The molecule has 0 saturated heterocycles. The number of benzene rings is 1. The number of alkyl halides is 1. The summed E-state index contributed by atoms with van der Waals surface area (Å²) in [6, 6.07) is 5.80. The predicted molar refractivity (Wildman–Crippen MR) is 79.6 cm³/mol. The average Bonchev–Trinajstić information content (AvgIpc) is 3.18. The van der Waals surface area contributed by atoms with Gasteiger partial charge >= 0.3 is 0 Å². The van der Waals surface area contributed by atoms with Gasteiger partial charge in [0.1, 0.15) is 11.3 Å². The Morgan fingerprint density at radius 2 is 2.25 bits per heavy atom. The Hall–Kier alpha value is -1.13. The Morgan fingerprint density at radius 1 is 1.50 bits per heavy atom. The van der Waals surface area contributed by atoms with Crippen LogP contribution in [0.4, 0.5) is 4.39 Å². The maximum absolute atomic E-state index is 13.9. The van der Waals surface area contributed by atoms with Gasteiger partial charge in [-0.2, -0.15) is 0 Å². The Balaban J connectivity index is 1.93. The molecule has 1 aromatic heterocycles. The standard InChI is InChI=1S/C15H19ClFN3/c1-10(16)15-18-14-12(17)4-3-5-13(14)20(15)9-8-19(2)11-6-7-11/h3-5,10-11H,6-9H2,1-2H3. The number of nitrogens with zero attached hydrogens (tertiary/aromatic N) is 3. The van der Waals surface area contributed by atoms with Crippen molar-refractivity contribution < 1.29 is 4.39 Å². The van der Waals surface area contributed by atoms with Crippen LogP contribution in [0.3, 0.4) is 0 Å². The fourth-order valence-electron chi connectivity index (χ4n) is 2.63. The Morgan fingerprint density at radius 3 is 2.90 bits per heavy atom. The van der Waals surface area contributed by atoms with Crippen LogP contribution >= 0.6 is 11.6 Å². The van der Waals surface area contributed by atoms with Gasteiger partial charge in [0.25, 0.3) is 0 Å². The lowest BCUT2D eigenvalue weighted by Gasteiger charge is -2.18. The van der Waals surface area contributed by atoms with E-state index in [1.165, 1.54) is 18.9 Å². The molecule has 20 heavy (non-hydrogen) atoms. The molecule has 3 nitrogen and oxygen atoms in total. The lowest BCUT2D eigenvalue weighted by molar-refractivity contribution is 0.309. The van der Waals surface area contributed by atoms with E-state index in [0.29, 0.717) is 5.52 Å². The van der Waals surface area contributed by atoms with Crippen molar-refractivity contribution in [3.8, 4) is 0 Å². The van der Waals surface area contributed by atoms with Gasteiger partial charge in [0, 0.05) is 19.1 Å². The smallest absolute Gasteiger partial charge is 0.151 e. The van der Waals surface area contributed by atoms with E-state index in [2.05, 4.69) is 21.5 Å². The van der Waals surface area contributed by atoms with Crippen LogP contribution in [0.1, 0.15) is 31.0 Å². The first kappa shape index (κ1) is 13.8. The largest absolute Gasteiger partial charge is 0.325 e. The van der Waals surface area contributed by atoms with Crippen molar-refractivity contribution in [2.75, 3.05) is 13.6 Å². The molecule has 2 aromatic rings. The van der Waals surface area contributed by atoms with E-state index in [1.54, 1.807) is 6.07 Å². The molecule has 1 aliphatic rings. The number of likely N-dealkylation sites (N-methyl/N-ethyl adjacent to an activating group) is 1. The van der Waals surface area contributed by atoms with Crippen molar-refractivity contribution in [1.29, 1.82) is 0 Å². The van der Waals surface area contributed by atoms with E-state index in [9.17, 15) is 4.39 Å². The summed E-state index contributed by atoms with van der Waals surface area (Å²) in [5.74, 6) is 0.464. The van der Waals surface area contributed by atoms with Crippen molar-refractivity contribution in [2.24, 2.45) is 0 Å². The molecular formula is C15H19ClFN3. The van der Waals surface area contributed by atoms with E-state index >= 15 is 0 Å². The molecule has 1 aliphatic carbocycles. The second-order valence-electron chi connectivity index (χ2n) is 5.56. The van der Waals surface area contributed by atoms with Crippen LogP contribution in [-0.2, 0) is 6.54 Å². The maximum atomic E-state index is 13.9. The minimum Gasteiger partial charge on any atom is -0.325 e. The molecule has 1 unspecified atom stereocenters. The zero-order valence-corrected chi connectivity index (χ0v) is 12.6. The summed E-state index contributed by atoms with van der Waals surface area (Å²) >= 11 is 6.20. The highest BCUT2D eigenvalue weighted by Crippen LogP contribution is 2.28. The minimum absolute atomic E-state index is 0.229. The van der Waals surface area contributed by atoms with E-state index in [4.69, 9.17) is 11.6 Å². The molecule has 0 bridgehead atoms. The molecule has 1 atom stereocenters. The van der Waals surface area contributed by atoms with Gasteiger partial charge < -0.3 is 9.47 Å². The molecule has 0 aliphatic heterocycles. The molecule has 0 radical (unpaired) electrons. The van der Waals surface area contributed by atoms with Gasteiger partial charge in [0.2, 0.25) is 0 Å². The van der Waals surface area contributed by atoms with Gasteiger partial charge in [-0.1, -0.05) is 6.07 Å². The SMILES string of the molecule is CC(Cl)c1nc2c(F)cccc2n1CCN(C)C1CC1. The molecule has 5 heteroatoms. The van der Waals surface area contributed by atoms with Gasteiger partial charge in [-0.3, -0.25) is 0 Å². The first-order chi connectivity index (χ1) is 9.58. The topological polar surface area (TPSA) is 21.1 Å². The number of hydrogen-bond donors (Lipinski definition) is 0. The molecule has 0 N–H and O–H groups in total. The van der Waals surface area contributed by atoms with Crippen molar-refractivity contribution in [3.05, 3.63) is 29.8 Å². The van der Waals surface area contributed by atoms with Crippen LogP contribution < -0.4 is 0 Å². The quantitative estimate of drug-likeness (QED) is 0.786. The maximum Gasteiger partial charge on any atom is 0.151 e. The monoisotopic (exact) mass is 295 g/mol. The van der Waals surface area contributed by atoms with E-state index in [0.717, 1.165) is 30.5 Å². The Kier molecular flexibility index (Phi) is 3.69. The number of hydrogen-bond acceptors (Lipinski definition) is 2. The second kappa shape index (κ2) is 5.34. The summed E-state index contributed by atoms with van der Waals surface area (Å²) in [6.07, 6.45) is 2.57. The second-order valence-corrected chi connectivity index (χ2v) is 6.21. The van der Waals surface area contributed by atoms with Crippen LogP contribution in [-0.4, -0.2) is 34.1 Å². The van der Waals surface area contributed by atoms with Crippen molar-refractivity contribution >= 4 is 22.6 Å². The van der Waals surface area contributed by atoms with Gasteiger partial charge in [0.15, 0.2) is 5.82 Å². The van der Waals surface area contributed by atoms with Crippen LogP contribution in [0.25, 0.3) is 11.0 Å². The summed E-state index contributed by atoms with van der Waals surface area (Å²) in [5, 5.41) is -0.229. The lowest BCUT2D eigenvalue weighted by atomic mass is 10.3. The Bertz CT molecular complexity index is 619. The summed E-state index contributed by atoms with van der Waals surface area (Å²) < 4.78 is 15.9. The predicted octanol–water partition coefficient (Wildman–Crippen LogP) is 3.57. The third-order valence-corrected chi connectivity index (χ3v) is 4.16. The number of rotatable bonds is 5. The summed E-state index contributed by atoms with van der Waals surface area (Å²) in [5.41, 5.74) is 1.25. The highest BCUT2D eigenvalue weighted by Gasteiger charge is 2.26. The molecule has 1 fully saturated rings. The summed E-state index contributed by atoms with van der Waals surface area (Å²) in [7, 11) is 2.14. The molecule has 3 rings (SSSR count). The van der Waals surface area contributed by atoms with E-state index in [-0.39, 0.29) is 11.2 Å². The lowest BCUT2D eigenvalue weighted by Crippen LogP contribution is -2.25. The van der Waals surface area contributed by atoms with Crippen molar-refractivity contribution in [2.45, 2.75) is 37.7 Å². The highest BCUT2D eigenvalue weighted by atomic mass is 35.5. The van der Waals surface area contributed by atoms with Gasteiger partial charge in [0.05, 0.1) is 10.9 Å². The van der Waals surface area contributed by atoms with Gasteiger partial charge in [-0.15, -0.1) is 11.6 Å². The first-order valence-electron chi connectivity index (χ1n) is 7.07. The average molecular weight is 296 g/mol. The fourth-order valence-corrected chi connectivity index (χ4v) is 2.79. The van der Waals surface area contributed by atoms with Crippen molar-refractivity contribution in [3.63, 3.8) is 0 Å². The summed E-state index contributed by atoms with van der Waals surface area (Å²) in [4.78, 5) is 6.74. The fraction of sp³-hybridized carbons (Fsp3) is 0.533. The van der Waals surface area contributed by atoms with Crippen LogP contribution in [0.5, 0.6) is 0 Å². The van der Waals surface area contributed by atoms with Gasteiger partial charge in [-0.05, 0) is 38.9 Å². The van der Waals surface area contributed by atoms with E-state index < -0.39 is 0 Å². The Labute approximate surface area is 123 Å². The number of imidazole rings is 1. The molecular weight excluding hydrogens is 277 g/mol. The van der Waals surface area contributed by atoms with Crippen molar-refractivity contribution in [1.82, 2.24) is 14.5 Å². The number of halogens is 2. The summed E-state index contributed by atoms with van der Waals surface area (Å²) in [6.45, 7) is 3.60. The normalized spacial score (nSPS) is 17.1. The first-order valence-corrected chi connectivity index (χ1v) is 7.50. The molecule has 0 amide bonds. The van der Waals surface area contributed by atoms with E-state index in [1.807, 2.05) is 13.0 Å². The molecule has 1 aromatic carbocycles. The molecule has 0 spiro atoms. The van der Waals surface area contributed by atoms with Crippen LogP contribution in [0, 0.1) is 5.82 Å².